The van der Waals surface area contributed by atoms with E-state index in [4.69, 9.17) is 0 Å². The fourth-order valence-electron chi connectivity index (χ4n) is 1.63. The summed E-state index contributed by atoms with van der Waals surface area (Å²) < 4.78 is 0. The van der Waals surface area contributed by atoms with Gasteiger partial charge in [0, 0.05) is 6.42 Å². The molecule has 1 fully saturated rings. The highest BCUT2D eigenvalue weighted by Gasteiger charge is 2.36. The molecule has 3 heteroatoms. The largest absolute Gasteiger partial charge is 0.390 e. The highest BCUT2D eigenvalue weighted by Crippen LogP contribution is 2.29. The molecule has 0 aromatic heterocycles. The molecule has 0 saturated heterocycles. The van der Waals surface area contributed by atoms with Crippen molar-refractivity contribution in [1.29, 1.82) is 0 Å². The number of hydrogen-bond acceptors (Lipinski definition) is 3. The Hall–Kier alpha value is -0.700. The van der Waals surface area contributed by atoms with Gasteiger partial charge < -0.3 is 5.11 Å². The van der Waals surface area contributed by atoms with Crippen LogP contribution in [-0.2, 0) is 9.59 Å². The van der Waals surface area contributed by atoms with Crippen molar-refractivity contribution in [3.05, 3.63) is 0 Å². The van der Waals surface area contributed by atoms with Crippen LogP contribution in [0.15, 0.2) is 0 Å². The van der Waals surface area contributed by atoms with E-state index < -0.39 is 11.5 Å². The summed E-state index contributed by atoms with van der Waals surface area (Å²) in [5.41, 5.74) is -0.886. The van der Waals surface area contributed by atoms with Gasteiger partial charge in [-0.15, -0.1) is 0 Å². The molecular weight excluding hydrogens is 156 g/mol. The van der Waals surface area contributed by atoms with E-state index in [-0.39, 0.29) is 18.0 Å². The lowest BCUT2D eigenvalue weighted by molar-refractivity contribution is -0.138. The molecule has 1 aliphatic carbocycles. The van der Waals surface area contributed by atoms with Crippen molar-refractivity contribution in [3.8, 4) is 0 Å². The standard InChI is InChI=1S/C9H14O3/c1-6(10)7-3-4-9(2,12)5-8(7)11/h7,12H,3-5H2,1-2H3/t7-,9+/m1/s1. The summed E-state index contributed by atoms with van der Waals surface area (Å²) in [5, 5.41) is 9.51. The number of ketones is 2. The second-order valence-corrected chi connectivity index (χ2v) is 3.84. The summed E-state index contributed by atoms with van der Waals surface area (Å²) in [6, 6.07) is 0. The van der Waals surface area contributed by atoms with E-state index in [9.17, 15) is 14.7 Å². The third kappa shape index (κ3) is 1.91. The summed E-state index contributed by atoms with van der Waals surface area (Å²) in [7, 11) is 0. The minimum absolute atomic E-state index is 0.0736. The Balaban J connectivity index is 2.66. The molecule has 0 unspecified atom stereocenters. The van der Waals surface area contributed by atoms with Crippen LogP contribution in [0.25, 0.3) is 0 Å². The predicted octanol–water partition coefficient (Wildman–Crippen LogP) is 0.696. The molecule has 0 heterocycles. The first kappa shape index (κ1) is 9.39. The van der Waals surface area contributed by atoms with Gasteiger partial charge in [0.15, 0.2) is 0 Å². The third-order valence-electron chi connectivity index (χ3n) is 2.41. The first-order valence-corrected chi connectivity index (χ1v) is 4.18. The Morgan fingerprint density at radius 2 is 2.25 bits per heavy atom. The molecule has 2 atom stereocenters. The lowest BCUT2D eigenvalue weighted by atomic mass is 9.77. The molecule has 0 bridgehead atoms. The Morgan fingerprint density at radius 1 is 1.67 bits per heavy atom. The van der Waals surface area contributed by atoms with Gasteiger partial charge in [-0.25, -0.2) is 0 Å². The van der Waals surface area contributed by atoms with Gasteiger partial charge in [0.05, 0.1) is 11.5 Å². The molecule has 1 saturated carbocycles. The molecule has 68 valence electrons. The van der Waals surface area contributed by atoms with Crippen LogP contribution in [0.2, 0.25) is 0 Å². The molecule has 1 N–H and O–H groups in total. The summed E-state index contributed by atoms with van der Waals surface area (Å²) in [4.78, 5) is 22.2. The van der Waals surface area contributed by atoms with Crippen LogP contribution < -0.4 is 0 Å². The Labute approximate surface area is 71.8 Å². The van der Waals surface area contributed by atoms with E-state index in [1.165, 1.54) is 6.92 Å². The molecule has 3 nitrogen and oxygen atoms in total. The van der Waals surface area contributed by atoms with Gasteiger partial charge in [-0.05, 0) is 26.7 Å². The van der Waals surface area contributed by atoms with Crippen LogP contribution in [-0.4, -0.2) is 22.3 Å². The van der Waals surface area contributed by atoms with Crippen molar-refractivity contribution < 1.29 is 14.7 Å². The average Bonchev–Trinajstić information content (AvgIpc) is 1.83. The van der Waals surface area contributed by atoms with Crippen molar-refractivity contribution in [2.45, 2.75) is 38.7 Å². The molecule has 0 radical (unpaired) electrons. The molecule has 1 aliphatic rings. The van der Waals surface area contributed by atoms with Gasteiger partial charge in [-0.1, -0.05) is 0 Å². The van der Waals surface area contributed by atoms with E-state index in [2.05, 4.69) is 0 Å². The lowest BCUT2D eigenvalue weighted by Gasteiger charge is -2.30. The lowest BCUT2D eigenvalue weighted by Crippen LogP contribution is -2.39. The van der Waals surface area contributed by atoms with Crippen LogP contribution >= 0.6 is 0 Å². The van der Waals surface area contributed by atoms with Crippen molar-refractivity contribution in [2.75, 3.05) is 0 Å². The van der Waals surface area contributed by atoms with Crippen LogP contribution in [0.3, 0.4) is 0 Å². The van der Waals surface area contributed by atoms with Gasteiger partial charge in [-0.3, -0.25) is 9.59 Å². The fourth-order valence-corrected chi connectivity index (χ4v) is 1.63. The van der Waals surface area contributed by atoms with E-state index >= 15 is 0 Å². The number of carbonyl (C=O) groups excluding carboxylic acids is 2. The summed E-state index contributed by atoms with van der Waals surface area (Å²) in [5.74, 6) is -0.639. The minimum Gasteiger partial charge on any atom is -0.390 e. The van der Waals surface area contributed by atoms with E-state index in [0.29, 0.717) is 12.8 Å². The number of rotatable bonds is 1. The maximum atomic E-state index is 11.3. The van der Waals surface area contributed by atoms with Crippen molar-refractivity contribution in [1.82, 2.24) is 0 Å². The topological polar surface area (TPSA) is 54.4 Å². The zero-order chi connectivity index (χ0) is 9.35. The third-order valence-corrected chi connectivity index (χ3v) is 2.41. The van der Waals surface area contributed by atoms with Crippen molar-refractivity contribution >= 4 is 11.6 Å². The Bertz CT molecular complexity index is 218. The first-order chi connectivity index (χ1) is 5.42. The normalized spacial score (nSPS) is 36.6. The minimum atomic E-state index is -0.886. The SMILES string of the molecule is CC(=O)[C@H]1CC[C@](C)(O)CC1=O. The number of carbonyl (C=O) groups is 2. The number of aliphatic hydroxyl groups is 1. The molecular formula is C9H14O3. The van der Waals surface area contributed by atoms with E-state index in [1.54, 1.807) is 6.92 Å². The summed E-state index contributed by atoms with van der Waals surface area (Å²) >= 11 is 0. The average molecular weight is 170 g/mol. The number of Topliss-reactive ketones (excluding diaryl/α,β-unsaturated/α-hetero) is 2. The van der Waals surface area contributed by atoms with Crippen molar-refractivity contribution in [2.24, 2.45) is 5.92 Å². The molecule has 0 spiro atoms. The Kier molecular flexibility index (Phi) is 2.33. The first-order valence-electron chi connectivity index (χ1n) is 4.18. The molecule has 0 aliphatic heterocycles. The molecule has 1 rings (SSSR count). The monoisotopic (exact) mass is 170 g/mol. The van der Waals surface area contributed by atoms with Crippen LogP contribution in [0.1, 0.15) is 33.1 Å². The maximum absolute atomic E-state index is 11.3. The molecule has 0 aromatic rings. The van der Waals surface area contributed by atoms with Gasteiger partial charge >= 0.3 is 0 Å². The van der Waals surface area contributed by atoms with Crippen LogP contribution in [0.5, 0.6) is 0 Å². The molecule has 0 amide bonds. The summed E-state index contributed by atoms with van der Waals surface area (Å²) in [6.07, 6.45) is 1.17. The molecule has 12 heavy (non-hydrogen) atoms. The Morgan fingerprint density at radius 3 is 2.67 bits per heavy atom. The second-order valence-electron chi connectivity index (χ2n) is 3.84. The van der Waals surface area contributed by atoms with E-state index in [1.807, 2.05) is 0 Å². The summed E-state index contributed by atoms with van der Waals surface area (Å²) in [6.45, 7) is 3.07. The number of hydrogen-bond donors (Lipinski definition) is 1. The molecule has 0 aromatic carbocycles. The highest BCUT2D eigenvalue weighted by molar-refractivity contribution is 6.02. The van der Waals surface area contributed by atoms with Gasteiger partial charge in [0.25, 0.3) is 0 Å². The van der Waals surface area contributed by atoms with Gasteiger partial charge in [0.2, 0.25) is 0 Å². The second kappa shape index (κ2) is 2.98. The van der Waals surface area contributed by atoms with Gasteiger partial charge in [0.1, 0.15) is 11.6 Å². The smallest absolute Gasteiger partial charge is 0.146 e. The van der Waals surface area contributed by atoms with Crippen molar-refractivity contribution in [3.63, 3.8) is 0 Å². The quantitative estimate of drug-likeness (QED) is 0.589. The zero-order valence-electron chi connectivity index (χ0n) is 7.46. The van der Waals surface area contributed by atoms with Gasteiger partial charge in [-0.2, -0.15) is 0 Å². The fraction of sp³-hybridized carbons (Fsp3) is 0.778. The zero-order valence-corrected chi connectivity index (χ0v) is 7.46. The van der Waals surface area contributed by atoms with Crippen LogP contribution in [0, 0.1) is 5.92 Å². The maximum Gasteiger partial charge on any atom is 0.146 e. The highest BCUT2D eigenvalue weighted by atomic mass is 16.3. The van der Waals surface area contributed by atoms with Crippen LogP contribution in [0.4, 0.5) is 0 Å². The van der Waals surface area contributed by atoms with E-state index in [0.717, 1.165) is 0 Å². The predicted molar refractivity (Wildman–Crippen MR) is 43.7 cm³/mol.